The summed E-state index contributed by atoms with van der Waals surface area (Å²) >= 11 is 0. The van der Waals surface area contributed by atoms with Crippen LogP contribution in [0.4, 0.5) is 8.78 Å². The van der Waals surface area contributed by atoms with Gasteiger partial charge < -0.3 is 5.73 Å². The van der Waals surface area contributed by atoms with Crippen LogP contribution in [-0.4, -0.2) is 5.54 Å². The summed E-state index contributed by atoms with van der Waals surface area (Å²) in [5.74, 6) is -2.88. The second-order valence-electron chi connectivity index (χ2n) is 3.60. The van der Waals surface area contributed by atoms with Crippen molar-refractivity contribution in [1.29, 1.82) is 0 Å². The van der Waals surface area contributed by atoms with E-state index in [1.807, 2.05) is 0 Å². The van der Waals surface area contributed by atoms with E-state index in [2.05, 4.69) is 0 Å². The van der Waals surface area contributed by atoms with E-state index in [0.717, 1.165) is 0 Å². The predicted molar refractivity (Wildman–Crippen MR) is 46.5 cm³/mol. The van der Waals surface area contributed by atoms with Crippen molar-refractivity contribution in [3.8, 4) is 0 Å². The van der Waals surface area contributed by atoms with Gasteiger partial charge in [0.05, 0.1) is 5.54 Å². The molecule has 1 nitrogen and oxygen atoms in total. The molecule has 1 aliphatic carbocycles. The highest BCUT2D eigenvalue weighted by Crippen LogP contribution is 2.51. The number of hydrogen-bond donors (Lipinski definition) is 1. The molecule has 1 aromatic rings. The van der Waals surface area contributed by atoms with E-state index in [1.54, 1.807) is 18.2 Å². The maximum absolute atomic E-state index is 13.6. The van der Waals surface area contributed by atoms with E-state index in [4.69, 9.17) is 5.73 Å². The van der Waals surface area contributed by atoms with Crippen molar-refractivity contribution in [1.82, 2.24) is 0 Å². The molecular weight excluding hydrogens is 172 g/mol. The molecule has 0 radical (unpaired) electrons. The van der Waals surface area contributed by atoms with Gasteiger partial charge in [0.2, 0.25) is 0 Å². The number of nitrogens with two attached hydrogens (primary N) is 1. The lowest BCUT2D eigenvalue weighted by atomic mass is 10.00. The Kier molecular flexibility index (Phi) is 1.67. The van der Waals surface area contributed by atoms with Crippen LogP contribution in [0.15, 0.2) is 30.3 Å². The maximum atomic E-state index is 13.6. The van der Waals surface area contributed by atoms with Crippen molar-refractivity contribution in [2.45, 2.75) is 24.3 Å². The second-order valence-corrected chi connectivity index (χ2v) is 3.60. The minimum atomic E-state index is -2.88. The van der Waals surface area contributed by atoms with Crippen LogP contribution >= 0.6 is 0 Å². The minimum absolute atomic E-state index is 0.0231. The van der Waals surface area contributed by atoms with Gasteiger partial charge in [-0.15, -0.1) is 0 Å². The van der Waals surface area contributed by atoms with E-state index in [-0.39, 0.29) is 5.56 Å². The molecule has 0 saturated heterocycles. The molecular formula is C10H11F2N. The van der Waals surface area contributed by atoms with Crippen molar-refractivity contribution in [3.63, 3.8) is 0 Å². The van der Waals surface area contributed by atoms with Crippen LogP contribution in [0.5, 0.6) is 0 Å². The van der Waals surface area contributed by atoms with Gasteiger partial charge in [0.25, 0.3) is 5.92 Å². The Morgan fingerprint density at radius 2 is 1.69 bits per heavy atom. The quantitative estimate of drug-likeness (QED) is 0.747. The van der Waals surface area contributed by atoms with Crippen LogP contribution in [0.25, 0.3) is 0 Å². The van der Waals surface area contributed by atoms with E-state index in [0.29, 0.717) is 12.8 Å². The third-order valence-electron chi connectivity index (χ3n) is 2.55. The molecule has 70 valence electrons. The van der Waals surface area contributed by atoms with Gasteiger partial charge in [-0.05, 0) is 12.8 Å². The number of halogens is 2. The minimum Gasteiger partial charge on any atom is -0.320 e. The molecule has 0 atom stereocenters. The molecule has 0 amide bonds. The molecule has 2 rings (SSSR count). The number of rotatable bonds is 2. The highest BCUT2D eigenvalue weighted by molar-refractivity contribution is 5.27. The fourth-order valence-corrected chi connectivity index (χ4v) is 1.38. The molecule has 1 saturated carbocycles. The molecule has 0 aliphatic heterocycles. The zero-order chi connectivity index (χ0) is 9.53. The van der Waals surface area contributed by atoms with Crippen molar-refractivity contribution in [2.24, 2.45) is 5.73 Å². The number of benzene rings is 1. The zero-order valence-electron chi connectivity index (χ0n) is 7.13. The summed E-state index contributed by atoms with van der Waals surface area (Å²) in [5, 5.41) is 0. The molecule has 0 bridgehead atoms. The third kappa shape index (κ3) is 1.23. The summed E-state index contributed by atoms with van der Waals surface area (Å²) in [5.41, 5.74) is 4.25. The van der Waals surface area contributed by atoms with Crippen molar-refractivity contribution in [3.05, 3.63) is 35.9 Å². The van der Waals surface area contributed by atoms with Gasteiger partial charge in [-0.25, -0.2) is 0 Å². The fourth-order valence-electron chi connectivity index (χ4n) is 1.38. The molecule has 0 heterocycles. The largest absolute Gasteiger partial charge is 0.320 e. The van der Waals surface area contributed by atoms with Gasteiger partial charge >= 0.3 is 0 Å². The molecule has 3 heteroatoms. The average Bonchev–Trinajstić information content (AvgIpc) is 2.87. The van der Waals surface area contributed by atoms with Gasteiger partial charge in [-0.2, -0.15) is 8.78 Å². The lowest BCUT2D eigenvalue weighted by molar-refractivity contribution is -0.0421. The summed E-state index contributed by atoms with van der Waals surface area (Å²) in [6.45, 7) is 0. The maximum Gasteiger partial charge on any atom is 0.290 e. The molecule has 1 aliphatic rings. The Hall–Kier alpha value is -0.960. The lowest BCUT2D eigenvalue weighted by Crippen LogP contribution is -2.41. The molecule has 0 aromatic heterocycles. The molecule has 1 aromatic carbocycles. The van der Waals surface area contributed by atoms with Crippen LogP contribution in [0.3, 0.4) is 0 Å². The standard InChI is InChI=1S/C10H11F2N/c11-10(12,9(13)6-7-9)8-4-2-1-3-5-8/h1-5H,6-7,13H2. The molecule has 1 fully saturated rings. The third-order valence-corrected chi connectivity index (χ3v) is 2.55. The summed E-state index contributed by atoms with van der Waals surface area (Å²) in [7, 11) is 0. The molecule has 2 N–H and O–H groups in total. The highest BCUT2D eigenvalue weighted by atomic mass is 19.3. The molecule has 13 heavy (non-hydrogen) atoms. The average molecular weight is 183 g/mol. The Morgan fingerprint density at radius 3 is 2.15 bits per heavy atom. The van der Waals surface area contributed by atoms with Gasteiger partial charge in [0.1, 0.15) is 0 Å². The van der Waals surface area contributed by atoms with E-state index < -0.39 is 11.5 Å². The Balaban J connectivity index is 2.35. The van der Waals surface area contributed by atoms with Crippen LogP contribution in [-0.2, 0) is 5.92 Å². The van der Waals surface area contributed by atoms with Crippen LogP contribution in [0.1, 0.15) is 18.4 Å². The summed E-state index contributed by atoms with van der Waals surface area (Å²) < 4.78 is 27.2. The number of hydrogen-bond acceptors (Lipinski definition) is 1. The first-order valence-corrected chi connectivity index (χ1v) is 4.28. The summed E-state index contributed by atoms with van der Waals surface area (Å²) in [4.78, 5) is 0. The summed E-state index contributed by atoms with van der Waals surface area (Å²) in [6.07, 6.45) is 0.823. The van der Waals surface area contributed by atoms with E-state index in [1.165, 1.54) is 12.1 Å². The summed E-state index contributed by atoms with van der Waals surface area (Å²) in [6, 6.07) is 7.78. The van der Waals surface area contributed by atoms with E-state index in [9.17, 15) is 8.78 Å². The Morgan fingerprint density at radius 1 is 1.15 bits per heavy atom. The predicted octanol–water partition coefficient (Wildman–Crippen LogP) is 2.27. The van der Waals surface area contributed by atoms with Gasteiger partial charge in [0.15, 0.2) is 0 Å². The SMILES string of the molecule is NC1(C(F)(F)c2ccccc2)CC1. The monoisotopic (exact) mass is 183 g/mol. The van der Waals surface area contributed by atoms with Gasteiger partial charge in [-0.1, -0.05) is 30.3 Å². The zero-order valence-corrected chi connectivity index (χ0v) is 7.13. The molecule has 0 unspecified atom stereocenters. The van der Waals surface area contributed by atoms with Gasteiger partial charge in [-0.3, -0.25) is 0 Å². The first-order valence-electron chi connectivity index (χ1n) is 4.28. The van der Waals surface area contributed by atoms with Crippen molar-refractivity contribution >= 4 is 0 Å². The normalized spacial score (nSPS) is 19.9. The smallest absolute Gasteiger partial charge is 0.290 e. The molecule has 0 spiro atoms. The second kappa shape index (κ2) is 2.51. The fraction of sp³-hybridized carbons (Fsp3) is 0.400. The Labute approximate surface area is 75.6 Å². The van der Waals surface area contributed by atoms with Crippen molar-refractivity contribution in [2.75, 3.05) is 0 Å². The van der Waals surface area contributed by atoms with Crippen LogP contribution in [0, 0.1) is 0 Å². The topological polar surface area (TPSA) is 26.0 Å². The van der Waals surface area contributed by atoms with Crippen LogP contribution in [0.2, 0.25) is 0 Å². The first-order chi connectivity index (χ1) is 6.06. The van der Waals surface area contributed by atoms with E-state index >= 15 is 0 Å². The number of alkyl halides is 2. The van der Waals surface area contributed by atoms with Crippen LogP contribution < -0.4 is 5.73 Å². The lowest BCUT2D eigenvalue weighted by Gasteiger charge is -2.23. The first kappa shape index (κ1) is 8.63. The van der Waals surface area contributed by atoms with Gasteiger partial charge in [0, 0.05) is 5.56 Å². The Bertz CT molecular complexity index is 304. The van der Waals surface area contributed by atoms with Crippen molar-refractivity contribution < 1.29 is 8.78 Å². The highest BCUT2D eigenvalue weighted by Gasteiger charge is 2.59.